The molecule has 3 rings (SSSR count). The van der Waals surface area contributed by atoms with Crippen molar-refractivity contribution in [2.24, 2.45) is 0 Å². The number of aromatic nitrogens is 3. The fourth-order valence-corrected chi connectivity index (χ4v) is 1.56. The summed E-state index contributed by atoms with van der Waals surface area (Å²) in [4.78, 5) is 8.42. The Morgan fingerprint density at radius 2 is 1.94 bits per heavy atom. The lowest BCUT2D eigenvalue weighted by molar-refractivity contribution is 1.13. The normalized spacial score (nSPS) is 10.5. The Morgan fingerprint density at radius 1 is 1.06 bits per heavy atom. The van der Waals surface area contributed by atoms with Gasteiger partial charge in [-0.1, -0.05) is 18.2 Å². The predicted octanol–water partition coefficient (Wildman–Crippen LogP) is 2.47. The second kappa shape index (κ2) is 3.66. The van der Waals surface area contributed by atoms with Crippen molar-refractivity contribution in [2.45, 2.75) is 0 Å². The molecule has 0 aliphatic heterocycles. The van der Waals surface area contributed by atoms with Crippen LogP contribution >= 0.6 is 0 Å². The Balaban J connectivity index is 1.94. The predicted molar refractivity (Wildman–Crippen MR) is 62.7 cm³/mol. The third-order valence-corrected chi connectivity index (χ3v) is 2.33. The molecule has 16 heavy (non-hydrogen) atoms. The van der Waals surface area contributed by atoms with Crippen molar-refractivity contribution >= 4 is 17.2 Å². The Labute approximate surface area is 92.6 Å². The third-order valence-electron chi connectivity index (χ3n) is 2.33. The molecule has 0 atom stereocenters. The zero-order chi connectivity index (χ0) is 10.8. The summed E-state index contributed by atoms with van der Waals surface area (Å²) in [7, 11) is 0. The monoisotopic (exact) mass is 210 g/mol. The van der Waals surface area contributed by atoms with Gasteiger partial charge >= 0.3 is 0 Å². The third kappa shape index (κ3) is 1.61. The molecule has 3 aromatic rings. The first kappa shape index (κ1) is 8.91. The van der Waals surface area contributed by atoms with Gasteiger partial charge in [-0.05, 0) is 12.1 Å². The van der Waals surface area contributed by atoms with E-state index in [-0.39, 0.29) is 0 Å². The lowest BCUT2D eigenvalue weighted by atomic mass is 10.3. The van der Waals surface area contributed by atoms with E-state index in [4.69, 9.17) is 0 Å². The van der Waals surface area contributed by atoms with Crippen LogP contribution < -0.4 is 5.32 Å². The van der Waals surface area contributed by atoms with Crippen molar-refractivity contribution in [1.82, 2.24) is 14.4 Å². The Bertz CT molecular complexity index is 600. The molecule has 1 N–H and O–H groups in total. The molecule has 0 saturated heterocycles. The standard InChI is InChI=1S/C12H10N4/c1-2-4-10(5-3-1)15-11-9-16-7-6-13-12(16)8-14-11/h1-9,15H. The molecule has 0 aliphatic carbocycles. The van der Waals surface area contributed by atoms with E-state index in [1.54, 1.807) is 12.4 Å². The van der Waals surface area contributed by atoms with Crippen LogP contribution in [0, 0.1) is 0 Å². The molecule has 2 aromatic heterocycles. The molecule has 0 saturated carbocycles. The van der Waals surface area contributed by atoms with Gasteiger partial charge < -0.3 is 9.72 Å². The van der Waals surface area contributed by atoms with Gasteiger partial charge in [-0.25, -0.2) is 9.97 Å². The van der Waals surface area contributed by atoms with Crippen LogP contribution in [0.3, 0.4) is 0 Å². The summed E-state index contributed by atoms with van der Waals surface area (Å²) < 4.78 is 1.93. The van der Waals surface area contributed by atoms with E-state index in [1.165, 1.54) is 0 Å². The smallest absolute Gasteiger partial charge is 0.155 e. The number of imidazole rings is 1. The molecule has 0 fully saturated rings. The fraction of sp³-hybridized carbons (Fsp3) is 0. The number of anilines is 2. The van der Waals surface area contributed by atoms with Crippen LogP contribution in [-0.4, -0.2) is 14.4 Å². The summed E-state index contributed by atoms with van der Waals surface area (Å²) >= 11 is 0. The average Bonchev–Trinajstić information content (AvgIpc) is 2.77. The van der Waals surface area contributed by atoms with Gasteiger partial charge in [-0.15, -0.1) is 0 Å². The van der Waals surface area contributed by atoms with Gasteiger partial charge in [0.05, 0.1) is 12.4 Å². The minimum atomic E-state index is 0.803. The second-order valence-corrected chi connectivity index (χ2v) is 3.46. The van der Waals surface area contributed by atoms with Gasteiger partial charge in [0.25, 0.3) is 0 Å². The van der Waals surface area contributed by atoms with Crippen LogP contribution in [0.25, 0.3) is 5.65 Å². The minimum Gasteiger partial charge on any atom is -0.339 e. The maximum Gasteiger partial charge on any atom is 0.155 e. The summed E-state index contributed by atoms with van der Waals surface area (Å²) in [5.41, 5.74) is 1.87. The number of nitrogens with zero attached hydrogens (tertiary/aromatic N) is 3. The molecule has 0 bridgehead atoms. The van der Waals surface area contributed by atoms with Gasteiger partial charge in [-0.2, -0.15) is 0 Å². The van der Waals surface area contributed by atoms with Crippen LogP contribution in [0.5, 0.6) is 0 Å². The van der Waals surface area contributed by atoms with Crippen molar-refractivity contribution < 1.29 is 0 Å². The first-order valence-corrected chi connectivity index (χ1v) is 5.02. The number of para-hydroxylation sites is 1. The van der Waals surface area contributed by atoms with E-state index in [0.717, 1.165) is 17.2 Å². The zero-order valence-electron chi connectivity index (χ0n) is 8.54. The van der Waals surface area contributed by atoms with E-state index < -0.39 is 0 Å². The van der Waals surface area contributed by atoms with Crippen LogP contribution in [-0.2, 0) is 0 Å². The van der Waals surface area contributed by atoms with Crippen molar-refractivity contribution in [1.29, 1.82) is 0 Å². The van der Waals surface area contributed by atoms with Crippen molar-refractivity contribution in [2.75, 3.05) is 5.32 Å². The molecule has 0 radical (unpaired) electrons. The Morgan fingerprint density at radius 3 is 2.81 bits per heavy atom. The lowest BCUT2D eigenvalue weighted by Gasteiger charge is -2.05. The van der Waals surface area contributed by atoms with E-state index in [1.807, 2.05) is 47.1 Å². The van der Waals surface area contributed by atoms with Gasteiger partial charge in [-0.3, -0.25) is 0 Å². The van der Waals surface area contributed by atoms with E-state index in [2.05, 4.69) is 15.3 Å². The van der Waals surface area contributed by atoms with Gasteiger partial charge in [0.15, 0.2) is 5.65 Å². The quantitative estimate of drug-likeness (QED) is 0.706. The molecular formula is C12H10N4. The van der Waals surface area contributed by atoms with Gasteiger partial charge in [0.1, 0.15) is 5.82 Å². The molecule has 78 valence electrons. The maximum absolute atomic E-state index is 4.28. The van der Waals surface area contributed by atoms with Crippen LogP contribution in [0.4, 0.5) is 11.5 Å². The highest BCUT2D eigenvalue weighted by molar-refractivity contribution is 5.56. The van der Waals surface area contributed by atoms with Crippen LogP contribution in [0.15, 0.2) is 55.1 Å². The summed E-state index contributed by atoms with van der Waals surface area (Å²) in [6, 6.07) is 9.95. The first-order valence-electron chi connectivity index (χ1n) is 5.02. The molecule has 4 nitrogen and oxygen atoms in total. The number of fused-ring (bicyclic) bond motifs is 1. The van der Waals surface area contributed by atoms with Crippen molar-refractivity contribution in [3.05, 3.63) is 55.1 Å². The second-order valence-electron chi connectivity index (χ2n) is 3.46. The molecule has 0 unspecified atom stereocenters. The molecule has 0 aliphatic rings. The number of rotatable bonds is 2. The first-order chi connectivity index (χ1) is 7.92. The number of nitrogens with one attached hydrogen (secondary N) is 1. The topological polar surface area (TPSA) is 42.2 Å². The maximum atomic E-state index is 4.28. The Kier molecular flexibility index (Phi) is 2.04. The fourth-order valence-electron chi connectivity index (χ4n) is 1.56. The highest BCUT2D eigenvalue weighted by atomic mass is 15.1. The summed E-state index contributed by atoms with van der Waals surface area (Å²) in [5.74, 6) is 0.803. The van der Waals surface area contributed by atoms with Crippen molar-refractivity contribution in [3.8, 4) is 0 Å². The van der Waals surface area contributed by atoms with Crippen LogP contribution in [0.2, 0.25) is 0 Å². The molecule has 0 spiro atoms. The summed E-state index contributed by atoms with van der Waals surface area (Å²) in [5, 5.41) is 3.23. The largest absolute Gasteiger partial charge is 0.339 e. The molecule has 1 aromatic carbocycles. The summed E-state index contributed by atoms with van der Waals surface area (Å²) in [6.07, 6.45) is 7.30. The Hall–Kier alpha value is -2.36. The molecule has 2 heterocycles. The molecular weight excluding hydrogens is 200 g/mol. The minimum absolute atomic E-state index is 0.803. The van der Waals surface area contributed by atoms with Crippen LogP contribution in [0.1, 0.15) is 0 Å². The average molecular weight is 210 g/mol. The van der Waals surface area contributed by atoms with Gasteiger partial charge in [0.2, 0.25) is 0 Å². The summed E-state index contributed by atoms with van der Waals surface area (Å²) in [6.45, 7) is 0. The number of hydrogen-bond donors (Lipinski definition) is 1. The van der Waals surface area contributed by atoms with E-state index in [9.17, 15) is 0 Å². The number of hydrogen-bond acceptors (Lipinski definition) is 3. The highest BCUT2D eigenvalue weighted by Gasteiger charge is 1.98. The van der Waals surface area contributed by atoms with E-state index >= 15 is 0 Å². The highest BCUT2D eigenvalue weighted by Crippen LogP contribution is 2.13. The SMILES string of the molecule is c1ccc(Nc2cn3ccnc3cn2)cc1. The molecule has 4 heteroatoms. The number of benzene rings is 1. The van der Waals surface area contributed by atoms with Crippen molar-refractivity contribution in [3.63, 3.8) is 0 Å². The van der Waals surface area contributed by atoms with Gasteiger partial charge in [0, 0.05) is 18.1 Å². The van der Waals surface area contributed by atoms with E-state index in [0.29, 0.717) is 0 Å². The lowest BCUT2D eigenvalue weighted by Crippen LogP contribution is -1.95. The molecule has 0 amide bonds. The zero-order valence-corrected chi connectivity index (χ0v) is 8.54.